The third kappa shape index (κ3) is 5.07. The minimum Gasteiger partial charge on any atom is -0.462 e. The molecule has 0 aromatic heterocycles. The molecule has 2 N–H and O–H groups in total. The summed E-state index contributed by atoms with van der Waals surface area (Å²) >= 11 is 0. The van der Waals surface area contributed by atoms with Crippen molar-refractivity contribution in [3.05, 3.63) is 35.9 Å². The summed E-state index contributed by atoms with van der Waals surface area (Å²) in [4.78, 5) is 15.2. The van der Waals surface area contributed by atoms with Crippen LogP contribution >= 0.6 is 0 Å². The number of ether oxygens (including phenoxy) is 1. The summed E-state index contributed by atoms with van der Waals surface area (Å²) in [6.07, 6.45) is 3.80. The van der Waals surface area contributed by atoms with E-state index in [1.165, 1.54) is 0 Å². The molecule has 0 aliphatic carbocycles. The third-order valence-electron chi connectivity index (χ3n) is 5.61. The standard InChI is InChI=1S/C19H28N2O5S/c1-21-15-7-8-16(21)12-17(11-15)26-19(22)18(14-5-3-2-4-6-14)13-25-27(23,24)10-9-20/h2-6,15-18H,7-13,20H2,1H3/t15-,16+,17?,18?. The van der Waals surface area contributed by atoms with E-state index in [2.05, 4.69) is 11.9 Å². The van der Waals surface area contributed by atoms with Gasteiger partial charge in [0.15, 0.2) is 0 Å². The zero-order valence-corrected chi connectivity index (χ0v) is 16.4. The fourth-order valence-electron chi connectivity index (χ4n) is 4.06. The lowest BCUT2D eigenvalue weighted by Crippen LogP contribution is -2.44. The first-order valence-electron chi connectivity index (χ1n) is 9.44. The molecule has 2 unspecified atom stereocenters. The molecular formula is C19H28N2O5S. The number of esters is 1. The van der Waals surface area contributed by atoms with Crippen LogP contribution in [0.2, 0.25) is 0 Å². The SMILES string of the molecule is CN1[C@@H]2CC[C@H]1CC(OC(=O)C(COS(=O)(=O)CCN)c1ccccc1)C2. The average molecular weight is 397 g/mol. The van der Waals surface area contributed by atoms with Crippen molar-refractivity contribution in [1.29, 1.82) is 0 Å². The number of carbonyl (C=O) groups is 1. The number of nitrogens with zero attached hydrogens (tertiary/aromatic N) is 1. The van der Waals surface area contributed by atoms with E-state index >= 15 is 0 Å². The van der Waals surface area contributed by atoms with Gasteiger partial charge in [-0.15, -0.1) is 0 Å². The summed E-state index contributed by atoms with van der Waals surface area (Å²) in [7, 11) is -1.63. The summed E-state index contributed by atoms with van der Waals surface area (Å²) in [5.74, 6) is -1.49. The quantitative estimate of drug-likeness (QED) is 0.521. The molecule has 2 saturated heterocycles. The van der Waals surface area contributed by atoms with Gasteiger partial charge in [0.2, 0.25) is 0 Å². The van der Waals surface area contributed by atoms with E-state index in [0.29, 0.717) is 17.6 Å². The Morgan fingerprint density at radius 2 is 1.85 bits per heavy atom. The monoisotopic (exact) mass is 396 g/mol. The molecule has 7 nitrogen and oxygen atoms in total. The average Bonchev–Trinajstić information content (AvgIpc) is 2.83. The zero-order valence-electron chi connectivity index (χ0n) is 15.6. The van der Waals surface area contributed by atoms with Crippen LogP contribution < -0.4 is 5.73 Å². The van der Waals surface area contributed by atoms with E-state index in [4.69, 9.17) is 14.7 Å². The molecule has 2 aliphatic heterocycles. The molecule has 0 spiro atoms. The van der Waals surface area contributed by atoms with E-state index in [-0.39, 0.29) is 25.0 Å². The minimum atomic E-state index is -3.76. The number of fused-ring (bicyclic) bond motifs is 2. The van der Waals surface area contributed by atoms with Crippen molar-refractivity contribution in [1.82, 2.24) is 4.90 Å². The summed E-state index contributed by atoms with van der Waals surface area (Å²) in [6, 6.07) is 9.93. The van der Waals surface area contributed by atoms with Crippen LogP contribution in [-0.4, -0.2) is 63.4 Å². The van der Waals surface area contributed by atoms with Gasteiger partial charge < -0.3 is 15.4 Å². The van der Waals surface area contributed by atoms with Crippen LogP contribution in [0.15, 0.2) is 30.3 Å². The van der Waals surface area contributed by atoms with Gasteiger partial charge in [-0.1, -0.05) is 30.3 Å². The Balaban J connectivity index is 1.68. The molecule has 150 valence electrons. The second-order valence-electron chi connectivity index (χ2n) is 7.38. The summed E-state index contributed by atoms with van der Waals surface area (Å²) in [6.45, 7) is -0.300. The van der Waals surface area contributed by atoms with Gasteiger partial charge >= 0.3 is 5.97 Å². The predicted molar refractivity (Wildman–Crippen MR) is 102 cm³/mol. The summed E-state index contributed by atoms with van der Waals surface area (Å²) in [5.41, 5.74) is 5.99. The van der Waals surface area contributed by atoms with Gasteiger partial charge in [-0.3, -0.25) is 8.98 Å². The highest BCUT2D eigenvalue weighted by Gasteiger charge is 2.40. The maximum Gasteiger partial charge on any atom is 0.316 e. The van der Waals surface area contributed by atoms with Crippen molar-refractivity contribution in [3.63, 3.8) is 0 Å². The number of piperidine rings is 1. The molecule has 0 saturated carbocycles. The first-order valence-corrected chi connectivity index (χ1v) is 11.0. The van der Waals surface area contributed by atoms with Crippen molar-refractivity contribution in [2.75, 3.05) is 26.0 Å². The predicted octanol–water partition coefficient (Wildman–Crippen LogP) is 1.24. The Kier molecular flexibility index (Phi) is 6.52. The van der Waals surface area contributed by atoms with E-state index < -0.39 is 22.0 Å². The molecule has 27 heavy (non-hydrogen) atoms. The molecule has 3 rings (SSSR count). The lowest BCUT2D eigenvalue weighted by Gasteiger charge is -2.36. The largest absolute Gasteiger partial charge is 0.462 e. The van der Waals surface area contributed by atoms with E-state index in [9.17, 15) is 13.2 Å². The molecule has 8 heteroatoms. The third-order valence-corrected chi connectivity index (χ3v) is 6.84. The Labute approximate surface area is 160 Å². The maximum absolute atomic E-state index is 12.9. The molecule has 2 bridgehead atoms. The van der Waals surface area contributed by atoms with Gasteiger partial charge in [-0.05, 0) is 38.3 Å². The Bertz CT molecular complexity index is 726. The summed E-state index contributed by atoms with van der Waals surface area (Å²) in [5, 5.41) is 0. The van der Waals surface area contributed by atoms with Crippen molar-refractivity contribution in [2.24, 2.45) is 5.73 Å². The van der Waals surface area contributed by atoms with Crippen molar-refractivity contribution >= 4 is 16.1 Å². The van der Waals surface area contributed by atoms with Crippen LogP contribution in [0.1, 0.15) is 37.2 Å². The van der Waals surface area contributed by atoms with Gasteiger partial charge in [0.1, 0.15) is 12.0 Å². The molecular weight excluding hydrogens is 368 g/mol. The molecule has 2 fully saturated rings. The van der Waals surface area contributed by atoms with Gasteiger partial charge in [-0.25, -0.2) is 0 Å². The number of benzene rings is 1. The maximum atomic E-state index is 12.9. The molecule has 1 aromatic rings. The molecule has 2 heterocycles. The molecule has 1 aromatic carbocycles. The van der Waals surface area contributed by atoms with Gasteiger partial charge in [-0.2, -0.15) is 8.42 Å². The normalized spacial score (nSPS) is 26.7. The molecule has 4 atom stereocenters. The van der Waals surface area contributed by atoms with Crippen LogP contribution in [0.4, 0.5) is 0 Å². The topological polar surface area (TPSA) is 98.9 Å². The Hall–Kier alpha value is -1.48. The van der Waals surface area contributed by atoms with Crippen molar-refractivity contribution < 1.29 is 22.1 Å². The smallest absolute Gasteiger partial charge is 0.316 e. The van der Waals surface area contributed by atoms with Crippen LogP contribution in [0.5, 0.6) is 0 Å². The molecule has 0 radical (unpaired) electrons. The number of carbonyl (C=O) groups excluding carboxylic acids is 1. The molecule has 0 amide bonds. The van der Waals surface area contributed by atoms with Crippen molar-refractivity contribution in [3.8, 4) is 0 Å². The highest BCUT2D eigenvalue weighted by Crippen LogP contribution is 2.36. The highest BCUT2D eigenvalue weighted by atomic mass is 32.2. The van der Waals surface area contributed by atoms with Crippen LogP contribution in [0.3, 0.4) is 0 Å². The van der Waals surface area contributed by atoms with Crippen molar-refractivity contribution in [2.45, 2.75) is 49.8 Å². The number of hydrogen-bond acceptors (Lipinski definition) is 7. The lowest BCUT2D eigenvalue weighted by molar-refractivity contribution is -0.155. The van der Waals surface area contributed by atoms with Crippen LogP contribution in [0.25, 0.3) is 0 Å². The van der Waals surface area contributed by atoms with Gasteiger partial charge in [0.05, 0.1) is 12.4 Å². The first-order chi connectivity index (χ1) is 12.9. The fourth-order valence-corrected chi connectivity index (χ4v) is 4.81. The second kappa shape index (κ2) is 8.68. The highest BCUT2D eigenvalue weighted by molar-refractivity contribution is 7.86. The second-order valence-corrected chi connectivity index (χ2v) is 9.14. The zero-order chi connectivity index (χ0) is 19.4. The summed E-state index contributed by atoms with van der Waals surface area (Å²) < 4.78 is 34.5. The van der Waals surface area contributed by atoms with Crippen LogP contribution in [0, 0.1) is 0 Å². The van der Waals surface area contributed by atoms with E-state index in [0.717, 1.165) is 25.7 Å². The Morgan fingerprint density at radius 1 is 1.22 bits per heavy atom. The minimum absolute atomic E-state index is 0.0266. The van der Waals surface area contributed by atoms with Gasteiger partial charge in [0, 0.05) is 18.6 Å². The first kappa shape index (κ1) is 20.3. The number of nitrogens with two attached hydrogens (primary N) is 1. The lowest BCUT2D eigenvalue weighted by atomic mass is 9.98. The van der Waals surface area contributed by atoms with E-state index in [1.54, 1.807) is 24.3 Å². The number of rotatable bonds is 8. The van der Waals surface area contributed by atoms with Crippen LogP contribution in [-0.2, 0) is 23.8 Å². The number of hydrogen-bond donors (Lipinski definition) is 1. The van der Waals surface area contributed by atoms with Gasteiger partial charge in [0.25, 0.3) is 10.1 Å². The molecule has 2 aliphatic rings. The Morgan fingerprint density at radius 3 is 2.44 bits per heavy atom. The fraction of sp³-hybridized carbons (Fsp3) is 0.632. The van der Waals surface area contributed by atoms with E-state index in [1.807, 2.05) is 6.07 Å².